The van der Waals surface area contributed by atoms with Crippen molar-refractivity contribution in [1.82, 2.24) is 14.8 Å². The molecule has 9 heteroatoms. The molecule has 0 saturated carbocycles. The molecule has 0 radical (unpaired) electrons. The summed E-state index contributed by atoms with van der Waals surface area (Å²) in [6, 6.07) is 9.28. The molecular weight excluding hydrogens is 389 g/mol. The highest BCUT2D eigenvalue weighted by atomic mass is 35.5. The maximum atomic E-state index is 11.8. The Balaban J connectivity index is 2.02. The zero-order valence-electron chi connectivity index (χ0n) is 12.4. The Hall–Kier alpha value is -2.12. The van der Waals surface area contributed by atoms with Gasteiger partial charge in [-0.1, -0.05) is 46.9 Å². The molecule has 0 aliphatic carbocycles. The molecule has 6 nitrogen and oxygen atoms in total. The van der Waals surface area contributed by atoms with Gasteiger partial charge in [0.25, 0.3) is 5.56 Å². The minimum atomic E-state index is -1.08. The summed E-state index contributed by atoms with van der Waals surface area (Å²) in [5.41, 5.74) is -0.119. The molecule has 1 heterocycles. The fraction of sp³-hybridized carbons (Fsp3) is 0.0625. The average molecular weight is 399 g/mol. The molecule has 1 aromatic heterocycles. The van der Waals surface area contributed by atoms with Gasteiger partial charge in [0.1, 0.15) is 12.3 Å². The Bertz CT molecular complexity index is 1060. The topological polar surface area (TPSA) is 88.0 Å². The van der Waals surface area contributed by atoms with Crippen molar-refractivity contribution in [3.8, 4) is 5.69 Å². The van der Waals surface area contributed by atoms with Crippen LogP contribution in [0.15, 0.2) is 52.2 Å². The van der Waals surface area contributed by atoms with Gasteiger partial charge in [-0.15, -0.1) is 0 Å². The first-order valence-electron chi connectivity index (χ1n) is 6.98. The minimum Gasteiger partial charge on any atom is -0.384 e. The molecule has 2 N–H and O–H groups in total. The van der Waals surface area contributed by atoms with E-state index >= 15 is 0 Å². The van der Waals surface area contributed by atoms with Crippen molar-refractivity contribution in [3.05, 3.63) is 89.6 Å². The molecule has 0 saturated heterocycles. The molecule has 3 aromatic rings. The second-order valence-corrected chi connectivity index (χ2v) is 6.38. The van der Waals surface area contributed by atoms with Crippen LogP contribution < -0.4 is 11.2 Å². The average Bonchev–Trinajstić information content (AvgIpc) is 2.54. The molecular formula is C16H10Cl3N3O3. The Labute approximate surface area is 156 Å². The van der Waals surface area contributed by atoms with Crippen LogP contribution in [0.2, 0.25) is 15.1 Å². The predicted octanol–water partition coefficient (Wildman–Crippen LogP) is 2.96. The highest BCUT2D eigenvalue weighted by Crippen LogP contribution is 2.34. The molecule has 0 spiro atoms. The first kappa shape index (κ1) is 17.7. The summed E-state index contributed by atoms with van der Waals surface area (Å²) < 4.78 is 0.985. The SMILES string of the molecule is O=c1cnn(-c2ccc(C(O)c3ccc(Cl)cc3Cl)c(Cl)c2)c(=O)[nH]1. The van der Waals surface area contributed by atoms with Crippen LogP contribution in [0.25, 0.3) is 5.69 Å². The van der Waals surface area contributed by atoms with Gasteiger partial charge in [-0.2, -0.15) is 9.78 Å². The van der Waals surface area contributed by atoms with E-state index in [1.54, 1.807) is 24.3 Å². The van der Waals surface area contributed by atoms with Gasteiger partial charge >= 0.3 is 5.69 Å². The third kappa shape index (κ3) is 3.62. The van der Waals surface area contributed by atoms with Gasteiger partial charge in [-0.3, -0.25) is 9.78 Å². The lowest BCUT2D eigenvalue weighted by Gasteiger charge is -2.16. The number of benzene rings is 2. The van der Waals surface area contributed by atoms with E-state index in [1.165, 1.54) is 12.1 Å². The predicted molar refractivity (Wildman–Crippen MR) is 96.0 cm³/mol. The Morgan fingerprint density at radius 2 is 1.64 bits per heavy atom. The first-order valence-corrected chi connectivity index (χ1v) is 8.11. The van der Waals surface area contributed by atoms with E-state index in [0.29, 0.717) is 26.9 Å². The molecule has 2 aromatic carbocycles. The molecule has 3 rings (SSSR count). The molecule has 0 fully saturated rings. The summed E-state index contributed by atoms with van der Waals surface area (Å²) in [4.78, 5) is 25.0. The number of hydrogen-bond donors (Lipinski definition) is 2. The lowest BCUT2D eigenvalue weighted by atomic mass is 10.0. The second kappa shape index (κ2) is 7.01. The third-order valence-corrected chi connectivity index (χ3v) is 4.38. The fourth-order valence-electron chi connectivity index (χ4n) is 2.30. The summed E-state index contributed by atoms with van der Waals surface area (Å²) in [6.45, 7) is 0. The number of aliphatic hydroxyl groups is 1. The zero-order valence-corrected chi connectivity index (χ0v) is 14.7. The van der Waals surface area contributed by atoms with Crippen LogP contribution in [0, 0.1) is 0 Å². The van der Waals surface area contributed by atoms with Crippen LogP contribution in [0.3, 0.4) is 0 Å². The number of nitrogens with zero attached hydrogens (tertiary/aromatic N) is 2. The highest BCUT2D eigenvalue weighted by Gasteiger charge is 2.18. The number of aromatic nitrogens is 3. The van der Waals surface area contributed by atoms with E-state index in [1.807, 2.05) is 0 Å². The van der Waals surface area contributed by atoms with Crippen LogP contribution in [0.1, 0.15) is 17.2 Å². The van der Waals surface area contributed by atoms with Crippen molar-refractivity contribution in [2.45, 2.75) is 6.10 Å². The van der Waals surface area contributed by atoms with E-state index in [9.17, 15) is 14.7 Å². The summed E-state index contributed by atoms with van der Waals surface area (Å²) in [5.74, 6) is 0. The van der Waals surface area contributed by atoms with Crippen molar-refractivity contribution in [1.29, 1.82) is 0 Å². The molecule has 1 atom stereocenters. The molecule has 0 bridgehead atoms. The largest absolute Gasteiger partial charge is 0.384 e. The molecule has 25 heavy (non-hydrogen) atoms. The van der Waals surface area contributed by atoms with Crippen LogP contribution in [-0.2, 0) is 0 Å². The third-order valence-electron chi connectivity index (χ3n) is 3.49. The summed E-state index contributed by atoms with van der Waals surface area (Å²) in [7, 11) is 0. The molecule has 128 valence electrons. The number of aliphatic hydroxyl groups excluding tert-OH is 1. The smallest absolute Gasteiger partial charge is 0.349 e. The quantitative estimate of drug-likeness (QED) is 0.710. The molecule has 1 unspecified atom stereocenters. The number of H-pyrrole nitrogens is 1. The van der Waals surface area contributed by atoms with E-state index < -0.39 is 17.4 Å². The van der Waals surface area contributed by atoms with E-state index in [0.717, 1.165) is 10.9 Å². The van der Waals surface area contributed by atoms with E-state index in [4.69, 9.17) is 34.8 Å². The maximum Gasteiger partial charge on any atom is 0.349 e. The van der Waals surface area contributed by atoms with E-state index in [2.05, 4.69) is 10.1 Å². The van der Waals surface area contributed by atoms with E-state index in [-0.39, 0.29) is 5.02 Å². The number of halogens is 3. The summed E-state index contributed by atoms with van der Waals surface area (Å²) in [5, 5.41) is 15.3. The van der Waals surface area contributed by atoms with Crippen molar-refractivity contribution in [2.24, 2.45) is 0 Å². The van der Waals surface area contributed by atoms with Crippen LogP contribution in [-0.4, -0.2) is 19.9 Å². The minimum absolute atomic E-state index is 0.205. The number of rotatable bonds is 3. The Morgan fingerprint density at radius 3 is 2.24 bits per heavy atom. The second-order valence-electron chi connectivity index (χ2n) is 5.12. The monoisotopic (exact) mass is 397 g/mol. The highest BCUT2D eigenvalue weighted by molar-refractivity contribution is 6.35. The number of aromatic amines is 1. The van der Waals surface area contributed by atoms with Gasteiger partial charge in [0, 0.05) is 26.2 Å². The van der Waals surface area contributed by atoms with Gasteiger partial charge in [-0.25, -0.2) is 4.79 Å². The lowest BCUT2D eigenvalue weighted by Crippen LogP contribution is -2.30. The first-order chi connectivity index (χ1) is 11.9. The molecule has 0 aliphatic rings. The van der Waals surface area contributed by atoms with Gasteiger partial charge in [-0.05, 0) is 24.3 Å². The van der Waals surface area contributed by atoms with Gasteiger partial charge in [0.15, 0.2) is 0 Å². The Morgan fingerprint density at radius 1 is 1.00 bits per heavy atom. The summed E-state index contributed by atoms with van der Waals surface area (Å²) >= 11 is 18.2. The van der Waals surface area contributed by atoms with Crippen LogP contribution in [0.5, 0.6) is 0 Å². The zero-order chi connectivity index (χ0) is 18.1. The van der Waals surface area contributed by atoms with Gasteiger partial charge < -0.3 is 5.11 Å². The lowest BCUT2D eigenvalue weighted by molar-refractivity contribution is 0.220. The Kier molecular flexibility index (Phi) is 4.96. The van der Waals surface area contributed by atoms with Crippen molar-refractivity contribution in [2.75, 3.05) is 0 Å². The maximum absolute atomic E-state index is 11.8. The van der Waals surface area contributed by atoms with Gasteiger partial charge in [0.05, 0.1) is 5.69 Å². The molecule has 0 aliphatic heterocycles. The number of hydrogen-bond acceptors (Lipinski definition) is 4. The van der Waals surface area contributed by atoms with Gasteiger partial charge in [0.2, 0.25) is 0 Å². The van der Waals surface area contributed by atoms with Crippen molar-refractivity contribution < 1.29 is 5.11 Å². The fourth-order valence-corrected chi connectivity index (χ4v) is 3.09. The summed E-state index contributed by atoms with van der Waals surface area (Å²) in [6.07, 6.45) is -0.0995. The molecule has 0 amide bonds. The van der Waals surface area contributed by atoms with Crippen molar-refractivity contribution >= 4 is 34.8 Å². The van der Waals surface area contributed by atoms with Crippen LogP contribution in [0.4, 0.5) is 0 Å². The standard InChI is InChI=1S/C16H10Cl3N3O3/c17-8-1-3-10(12(18)5-8)15(24)11-4-2-9(6-13(11)19)22-16(25)21-14(23)7-20-22/h1-7,15,24H,(H,21,23,25). The van der Waals surface area contributed by atoms with Crippen molar-refractivity contribution in [3.63, 3.8) is 0 Å². The number of nitrogens with one attached hydrogen (secondary N) is 1. The van der Waals surface area contributed by atoms with Crippen LogP contribution >= 0.6 is 34.8 Å². The normalized spacial score (nSPS) is 12.2.